The second-order valence-corrected chi connectivity index (χ2v) is 5.10. The van der Waals surface area contributed by atoms with Gasteiger partial charge < -0.3 is 15.6 Å². The summed E-state index contributed by atoms with van der Waals surface area (Å²) in [4.78, 5) is 24.2. The third-order valence-corrected chi connectivity index (χ3v) is 3.40. The third-order valence-electron chi connectivity index (χ3n) is 3.40. The molecule has 0 N–H and O–H groups in total. The number of amides is 1. The first-order valence-electron chi connectivity index (χ1n) is 7.16. The summed E-state index contributed by atoms with van der Waals surface area (Å²) in [6.07, 6.45) is 3.19. The van der Waals surface area contributed by atoms with Crippen molar-refractivity contribution in [3.8, 4) is 0 Å². The van der Waals surface area contributed by atoms with Crippen molar-refractivity contribution < 1.29 is 9.59 Å². The lowest BCUT2D eigenvalue weighted by molar-refractivity contribution is -0.112. The van der Waals surface area contributed by atoms with Gasteiger partial charge in [0.15, 0.2) is 5.71 Å². The maximum absolute atomic E-state index is 12.4. The molecule has 1 heterocycles. The maximum Gasteiger partial charge on any atom is 0.301 e. The zero-order valence-corrected chi connectivity index (χ0v) is 13.0. The van der Waals surface area contributed by atoms with Gasteiger partial charge in [0.1, 0.15) is 5.71 Å². The fraction of sp³-hybridized carbons (Fsp3) is 0.0625. The lowest BCUT2D eigenvalue weighted by atomic mass is 10.1. The fourth-order valence-corrected chi connectivity index (χ4v) is 2.16. The molecule has 3 rings (SSSR count). The van der Waals surface area contributed by atoms with Crippen molar-refractivity contribution in [2.24, 2.45) is 15.3 Å². The Morgan fingerprint density at radius 2 is 1.80 bits per heavy atom. The van der Waals surface area contributed by atoms with E-state index < -0.39 is 16.9 Å². The molecular weight excluding hydrogens is 326 g/mol. The topological polar surface area (TPSA) is 124 Å². The van der Waals surface area contributed by atoms with E-state index in [1.54, 1.807) is 31.2 Å². The van der Waals surface area contributed by atoms with E-state index in [0.29, 0.717) is 11.4 Å². The number of anilines is 1. The lowest BCUT2D eigenvalue weighted by Gasteiger charge is -2.38. The van der Waals surface area contributed by atoms with E-state index in [-0.39, 0.29) is 17.1 Å². The van der Waals surface area contributed by atoms with Crippen LogP contribution in [-0.4, -0.2) is 34.1 Å². The Morgan fingerprint density at radius 1 is 1.08 bits per heavy atom. The van der Waals surface area contributed by atoms with E-state index in [4.69, 9.17) is 0 Å². The van der Waals surface area contributed by atoms with Crippen LogP contribution in [0.15, 0.2) is 69.6 Å². The van der Waals surface area contributed by atoms with E-state index in [1.165, 1.54) is 11.1 Å². The van der Waals surface area contributed by atoms with Crippen LogP contribution in [-0.2, 0) is 9.59 Å². The molecule has 0 unspecified atom stereocenters. The molecule has 0 bridgehead atoms. The van der Waals surface area contributed by atoms with Gasteiger partial charge in [0.05, 0.1) is 11.4 Å². The summed E-state index contributed by atoms with van der Waals surface area (Å²) in [6.45, 7) is 1.60. The maximum atomic E-state index is 12.4. The SMILES string of the molecule is CC1=NN(c2ccccc2)C(=O)C1=NN=C1C=CC(N([O-])[O-])=CC1=O. The molecule has 1 aliphatic carbocycles. The zero-order valence-electron chi connectivity index (χ0n) is 13.0. The van der Waals surface area contributed by atoms with E-state index in [9.17, 15) is 20.0 Å². The summed E-state index contributed by atoms with van der Waals surface area (Å²) in [7, 11) is 0. The highest BCUT2D eigenvalue weighted by atomic mass is 16.8. The summed E-state index contributed by atoms with van der Waals surface area (Å²) in [5, 5.41) is 33.5. The highest BCUT2D eigenvalue weighted by Gasteiger charge is 2.30. The minimum Gasteiger partial charge on any atom is -0.769 e. The van der Waals surface area contributed by atoms with Gasteiger partial charge in [0.25, 0.3) is 0 Å². The molecule has 0 aromatic heterocycles. The number of benzene rings is 1. The number of nitrogens with zero attached hydrogens (tertiary/aromatic N) is 5. The standard InChI is InChI=1S/C16H11N5O4/c1-10-15(16(23)20(19-10)11-5-3-2-4-6-11)18-17-13-8-7-12(21(24)25)9-14(13)22/h2-9H,1H3/q-2. The summed E-state index contributed by atoms with van der Waals surface area (Å²) in [5.41, 5.74) is 0.504. The Morgan fingerprint density at radius 3 is 2.44 bits per heavy atom. The van der Waals surface area contributed by atoms with Crippen molar-refractivity contribution in [1.82, 2.24) is 5.23 Å². The van der Waals surface area contributed by atoms with Crippen LogP contribution in [0.3, 0.4) is 0 Å². The van der Waals surface area contributed by atoms with Gasteiger partial charge in [0, 0.05) is 11.8 Å². The van der Waals surface area contributed by atoms with E-state index in [0.717, 1.165) is 12.2 Å². The van der Waals surface area contributed by atoms with Gasteiger partial charge in [0.2, 0.25) is 5.78 Å². The van der Waals surface area contributed by atoms with Crippen LogP contribution < -0.4 is 5.01 Å². The van der Waals surface area contributed by atoms with Crippen LogP contribution in [0.5, 0.6) is 0 Å². The predicted octanol–water partition coefficient (Wildman–Crippen LogP) is 1.53. The first kappa shape index (κ1) is 16.4. The average Bonchev–Trinajstić information content (AvgIpc) is 2.89. The van der Waals surface area contributed by atoms with Gasteiger partial charge in [-0.25, -0.2) is 0 Å². The first-order chi connectivity index (χ1) is 12.0. The monoisotopic (exact) mass is 337 g/mol. The Kier molecular flexibility index (Phi) is 4.33. The number of ketones is 1. The number of hydroxylamine groups is 2. The second-order valence-electron chi connectivity index (χ2n) is 5.10. The number of rotatable bonds is 3. The number of hydrogen-bond acceptors (Lipinski definition) is 8. The van der Waals surface area contributed by atoms with Gasteiger partial charge in [-0.05, 0) is 31.2 Å². The number of carbonyl (C=O) groups is 2. The lowest BCUT2D eigenvalue weighted by Crippen LogP contribution is -2.27. The van der Waals surface area contributed by atoms with Crippen LogP contribution in [0.4, 0.5) is 5.69 Å². The Labute approximate surface area is 142 Å². The molecule has 0 spiro atoms. The van der Waals surface area contributed by atoms with Crippen LogP contribution in [0.25, 0.3) is 0 Å². The highest BCUT2D eigenvalue weighted by Crippen LogP contribution is 2.19. The van der Waals surface area contributed by atoms with Crippen LogP contribution in [0.1, 0.15) is 6.92 Å². The number of hydrazone groups is 1. The molecule has 126 valence electrons. The second kappa shape index (κ2) is 6.59. The summed E-state index contributed by atoms with van der Waals surface area (Å²) < 4.78 is 0. The Bertz CT molecular complexity index is 881. The molecule has 25 heavy (non-hydrogen) atoms. The molecule has 9 heteroatoms. The largest absolute Gasteiger partial charge is 0.769 e. The average molecular weight is 337 g/mol. The van der Waals surface area contributed by atoms with Crippen LogP contribution in [0.2, 0.25) is 0 Å². The zero-order chi connectivity index (χ0) is 18.0. The smallest absolute Gasteiger partial charge is 0.301 e. The van der Waals surface area contributed by atoms with E-state index >= 15 is 0 Å². The van der Waals surface area contributed by atoms with E-state index in [1.807, 2.05) is 6.07 Å². The van der Waals surface area contributed by atoms with Crippen LogP contribution in [0, 0.1) is 10.4 Å². The molecule has 0 radical (unpaired) electrons. The molecule has 0 fully saturated rings. The minimum atomic E-state index is -0.674. The molecule has 0 atom stereocenters. The van der Waals surface area contributed by atoms with Gasteiger partial charge in [-0.1, -0.05) is 18.2 Å². The number of para-hydroxylation sites is 1. The van der Waals surface area contributed by atoms with Crippen molar-refractivity contribution in [1.29, 1.82) is 0 Å². The van der Waals surface area contributed by atoms with E-state index in [2.05, 4.69) is 15.3 Å². The molecule has 0 saturated heterocycles. The van der Waals surface area contributed by atoms with Crippen LogP contribution >= 0.6 is 0 Å². The number of allylic oxidation sites excluding steroid dienone is 3. The molecule has 1 aromatic rings. The van der Waals surface area contributed by atoms with Crippen molar-refractivity contribution in [3.05, 3.63) is 64.7 Å². The molecule has 1 amide bonds. The quantitative estimate of drug-likeness (QED) is 0.611. The molecule has 1 aliphatic heterocycles. The predicted molar refractivity (Wildman–Crippen MR) is 92.7 cm³/mol. The van der Waals surface area contributed by atoms with Crippen molar-refractivity contribution in [3.63, 3.8) is 0 Å². The Balaban J connectivity index is 1.84. The Hall–Kier alpha value is -3.43. The van der Waals surface area contributed by atoms with Gasteiger partial charge >= 0.3 is 5.91 Å². The summed E-state index contributed by atoms with van der Waals surface area (Å²) in [5.74, 6) is -1.12. The van der Waals surface area contributed by atoms with Crippen molar-refractivity contribution in [2.45, 2.75) is 6.92 Å². The highest BCUT2D eigenvalue weighted by molar-refractivity contribution is 6.71. The molecule has 0 saturated carbocycles. The summed E-state index contributed by atoms with van der Waals surface area (Å²) >= 11 is 0. The number of hydrogen-bond donors (Lipinski definition) is 0. The number of carbonyl (C=O) groups excluding carboxylic acids is 2. The molecule has 2 aliphatic rings. The minimum absolute atomic E-state index is 0.00149. The first-order valence-corrected chi connectivity index (χ1v) is 7.16. The molecule has 9 nitrogen and oxygen atoms in total. The fourth-order valence-electron chi connectivity index (χ4n) is 2.16. The molecule has 1 aromatic carbocycles. The van der Waals surface area contributed by atoms with Gasteiger partial charge in [-0.3, -0.25) is 9.59 Å². The van der Waals surface area contributed by atoms with Gasteiger partial charge in [-0.15, -0.1) is 10.2 Å². The van der Waals surface area contributed by atoms with Crippen molar-refractivity contribution in [2.75, 3.05) is 5.01 Å². The van der Waals surface area contributed by atoms with Gasteiger partial charge in [-0.2, -0.15) is 10.1 Å². The third kappa shape index (κ3) is 3.27. The molecular formula is C16H11N5O4-2. The normalized spacial score (nSPS) is 20.4. The van der Waals surface area contributed by atoms with Crippen molar-refractivity contribution >= 4 is 34.5 Å². The summed E-state index contributed by atoms with van der Waals surface area (Å²) in [6, 6.07) is 8.80.